The molecule has 1 aromatic carbocycles. The van der Waals surface area contributed by atoms with E-state index >= 15 is 0 Å². The Morgan fingerprint density at radius 2 is 2.05 bits per heavy atom. The average molecular weight is 257 g/mol. The Morgan fingerprint density at radius 3 is 2.79 bits per heavy atom. The molecule has 3 heteroatoms. The predicted octanol–water partition coefficient (Wildman–Crippen LogP) is 3.44. The standard InChI is InChI=1S/C16H23N3/c1-11(2)8-17-10-16-18-9-15(19-16)14-7-12(3)5-6-13(14)4/h5-7,9,11,17H,8,10H2,1-4H3,(H,18,19). The van der Waals surface area contributed by atoms with Crippen LogP contribution in [0.5, 0.6) is 0 Å². The SMILES string of the molecule is Cc1ccc(C)c(-c2cnc(CNCC(C)C)[nH]2)c1. The molecule has 0 fully saturated rings. The van der Waals surface area contributed by atoms with Crippen molar-refractivity contribution in [2.45, 2.75) is 34.2 Å². The van der Waals surface area contributed by atoms with Crippen LogP contribution >= 0.6 is 0 Å². The van der Waals surface area contributed by atoms with Crippen molar-refractivity contribution < 1.29 is 0 Å². The molecule has 0 radical (unpaired) electrons. The van der Waals surface area contributed by atoms with Gasteiger partial charge < -0.3 is 10.3 Å². The fraction of sp³-hybridized carbons (Fsp3) is 0.438. The largest absolute Gasteiger partial charge is 0.341 e. The highest BCUT2D eigenvalue weighted by molar-refractivity contribution is 5.63. The molecule has 2 N–H and O–H groups in total. The molecule has 0 spiro atoms. The van der Waals surface area contributed by atoms with Crippen LogP contribution in [-0.4, -0.2) is 16.5 Å². The molecule has 1 heterocycles. The van der Waals surface area contributed by atoms with Gasteiger partial charge in [0.1, 0.15) is 5.82 Å². The van der Waals surface area contributed by atoms with Crippen molar-refractivity contribution in [1.82, 2.24) is 15.3 Å². The van der Waals surface area contributed by atoms with Gasteiger partial charge in [-0.15, -0.1) is 0 Å². The van der Waals surface area contributed by atoms with E-state index in [-0.39, 0.29) is 0 Å². The van der Waals surface area contributed by atoms with Gasteiger partial charge >= 0.3 is 0 Å². The topological polar surface area (TPSA) is 40.7 Å². The maximum Gasteiger partial charge on any atom is 0.120 e. The van der Waals surface area contributed by atoms with Gasteiger partial charge in [-0.1, -0.05) is 31.5 Å². The first kappa shape index (κ1) is 13.8. The van der Waals surface area contributed by atoms with Gasteiger partial charge in [0.2, 0.25) is 0 Å². The number of hydrogen-bond donors (Lipinski definition) is 2. The number of hydrogen-bond acceptors (Lipinski definition) is 2. The van der Waals surface area contributed by atoms with Gasteiger partial charge in [-0.25, -0.2) is 4.98 Å². The number of benzene rings is 1. The molecular formula is C16H23N3. The fourth-order valence-corrected chi connectivity index (χ4v) is 2.09. The third kappa shape index (κ3) is 3.67. The summed E-state index contributed by atoms with van der Waals surface area (Å²) in [4.78, 5) is 7.84. The highest BCUT2D eigenvalue weighted by Gasteiger charge is 2.06. The third-order valence-electron chi connectivity index (χ3n) is 3.16. The lowest BCUT2D eigenvalue weighted by Crippen LogP contribution is -2.19. The number of H-pyrrole nitrogens is 1. The molecule has 19 heavy (non-hydrogen) atoms. The molecule has 0 atom stereocenters. The molecule has 0 unspecified atom stereocenters. The van der Waals surface area contributed by atoms with E-state index < -0.39 is 0 Å². The Hall–Kier alpha value is -1.61. The van der Waals surface area contributed by atoms with E-state index in [1.54, 1.807) is 0 Å². The lowest BCUT2D eigenvalue weighted by atomic mass is 10.0. The first-order valence-electron chi connectivity index (χ1n) is 6.88. The monoisotopic (exact) mass is 257 g/mol. The van der Waals surface area contributed by atoms with Gasteiger partial charge in [0.15, 0.2) is 0 Å². The van der Waals surface area contributed by atoms with E-state index in [9.17, 15) is 0 Å². The van der Waals surface area contributed by atoms with Crippen LogP contribution in [0.25, 0.3) is 11.3 Å². The minimum absolute atomic E-state index is 0.661. The summed E-state index contributed by atoms with van der Waals surface area (Å²) in [5.41, 5.74) is 4.88. The maximum absolute atomic E-state index is 4.44. The summed E-state index contributed by atoms with van der Waals surface area (Å²) in [6.45, 7) is 10.5. The lowest BCUT2D eigenvalue weighted by molar-refractivity contribution is 0.545. The molecule has 0 saturated carbocycles. The molecule has 0 aliphatic carbocycles. The summed E-state index contributed by atoms with van der Waals surface area (Å²) in [7, 11) is 0. The molecule has 0 bridgehead atoms. The smallest absolute Gasteiger partial charge is 0.120 e. The van der Waals surface area contributed by atoms with Crippen molar-refractivity contribution in [3.8, 4) is 11.3 Å². The van der Waals surface area contributed by atoms with Crippen LogP contribution in [0.15, 0.2) is 24.4 Å². The van der Waals surface area contributed by atoms with E-state index in [1.807, 2.05) is 6.20 Å². The summed E-state index contributed by atoms with van der Waals surface area (Å²) in [5.74, 6) is 1.66. The second-order valence-corrected chi connectivity index (χ2v) is 5.59. The summed E-state index contributed by atoms with van der Waals surface area (Å²) in [6.07, 6.45) is 1.92. The van der Waals surface area contributed by atoms with E-state index in [0.717, 1.165) is 24.6 Å². The number of aromatic nitrogens is 2. The number of aryl methyl sites for hydroxylation is 2. The highest BCUT2D eigenvalue weighted by Crippen LogP contribution is 2.22. The van der Waals surface area contributed by atoms with Gasteiger partial charge in [-0.2, -0.15) is 0 Å². The fourth-order valence-electron chi connectivity index (χ4n) is 2.09. The van der Waals surface area contributed by atoms with E-state index in [1.165, 1.54) is 16.7 Å². The zero-order valence-corrected chi connectivity index (χ0v) is 12.2. The summed E-state index contributed by atoms with van der Waals surface area (Å²) in [5, 5.41) is 3.40. The molecule has 1 aromatic heterocycles. The van der Waals surface area contributed by atoms with Gasteiger partial charge in [-0.05, 0) is 37.9 Å². The molecule has 0 saturated heterocycles. The average Bonchev–Trinajstić information content (AvgIpc) is 2.80. The summed E-state index contributed by atoms with van der Waals surface area (Å²) >= 11 is 0. The number of rotatable bonds is 5. The Kier molecular flexibility index (Phi) is 4.38. The Balaban J connectivity index is 2.10. The summed E-state index contributed by atoms with van der Waals surface area (Å²) in [6, 6.07) is 6.50. The van der Waals surface area contributed by atoms with Crippen molar-refractivity contribution in [1.29, 1.82) is 0 Å². The lowest BCUT2D eigenvalue weighted by Gasteiger charge is -2.06. The second-order valence-electron chi connectivity index (χ2n) is 5.59. The van der Waals surface area contributed by atoms with Crippen molar-refractivity contribution in [2.75, 3.05) is 6.54 Å². The minimum atomic E-state index is 0.661. The predicted molar refractivity (Wildman–Crippen MR) is 80.0 cm³/mol. The molecule has 0 aliphatic rings. The van der Waals surface area contributed by atoms with Crippen LogP contribution in [0.2, 0.25) is 0 Å². The van der Waals surface area contributed by atoms with Crippen LogP contribution in [0, 0.1) is 19.8 Å². The molecule has 2 rings (SSSR count). The molecule has 2 aromatic rings. The van der Waals surface area contributed by atoms with Gasteiger partial charge in [0.05, 0.1) is 18.4 Å². The maximum atomic E-state index is 4.44. The first-order chi connectivity index (χ1) is 9.06. The molecular weight excluding hydrogens is 234 g/mol. The van der Waals surface area contributed by atoms with Gasteiger partial charge in [0, 0.05) is 5.56 Å². The van der Waals surface area contributed by atoms with Crippen molar-refractivity contribution in [2.24, 2.45) is 5.92 Å². The Morgan fingerprint density at radius 1 is 1.26 bits per heavy atom. The van der Waals surface area contributed by atoms with Crippen LogP contribution in [0.3, 0.4) is 0 Å². The Labute approximate surface area is 115 Å². The third-order valence-corrected chi connectivity index (χ3v) is 3.16. The van der Waals surface area contributed by atoms with Crippen LogP contribution < -0.4 is 5.32 Å². The van der Waals surface area contributed by atoms with Crippen LogP contribution in [0.1, 0.15) is 30.8 Å². The zero-order valence-electron chi connectivity index (χ0n) is 12.2. The zero-order chi connectivity index (χ0) is 13.8. The second kappa shape index (κ2) is 6.02. The molecule has 3 nitrogen and oxygen atoms in total. The van der Waals surface area contributed by atoms with Crippen LogP contribution in [-0.2, 0) is 6.54 Å². The number of imidazole rings is 1. The van der Waals surface area contributed by atoms with E-state index in [0.29, 0.717) is 5.92 Å². The highest BCUT2D eigenvalue weighted by atomic mass is 15.0. The molecule has 102 valence electrons. The van der Waals surface area contributed by atoms with E-state index in [4.69, 9.17) is 0 Å². The number of aromatic amines is 1. The van der Waals surface area contributed by atoms with Crippen molar-refractivity contribution in [3.63, 3.8) is 0 Å². The molecule has 0 amide bonds. The van der Waals surface area contributed by atoms with Crippen molar-refractivity contribution in [3.05, 3.63) is 41.3 Å². The quantitative estimate of drug-likeness (QED) is 0.861. The normalized spacial score (nSPS) is 11.2. The van der Waals surface area contributed by atoms with Crippen LogP contribution in [0.4, 0.5) is 0 Å². The number of nitrogens with one attached hydrogen (secondary N) is 2. The van der Waals surface area contributed by atoms with Gasteiger partial charge in [-0.3, -0.25) is 0 Å². The minimum Gasteiger partial charge on any atom is -0.341 e. The number of nitrogens with zero attached hydrogens (tertiary/aromatic N) is 1. The molecule has 0 aliphatic heterocycles. The van der Waals surface area contributed by atoms with Crippen molar-refractivity contribution >= 4 is 0 Å². The Bertz CT molecular complexity index is 541. The van der Waals surface area contributed by atoms with Gasteiger partial charge in [0.25, 0.3) is 0 Å². The summed E-state index contributed by atoms with van der Waals surface area (Å²) < 4.78 is 0. The first-order valence-corrected chi connectivity index (χ1v) is 6.88. The van der Waals surface area contributed by atoms with E-state index in [2.05, 4.69) is 61.2 Å².